The maximum atomic E-state index is 3.73. The van der Waals surface area contributed by atoms with E-state index >= 15 is 0 Å². The first-order chi connectivity index (χ1) is 6.29. The summed E-state index contributed by atoms with van der Waals surface area (Å²) >= 11 is 0. The van der Waals surface area contributed by atoms with Crippen LogP contribution in [0.4, 0.5) is 0 Å². The molecule has 0 aromatic rings. The smallest absolute Gasteiger partial charge is 0.00980 e. The van der Waals surface area contributed by atoms with Crippen molar-refractivity contribution in [3.63, 3.8) is 0 Å². The summed E-state index contributed by atoms with van der Waals surface area (Å²) in [7, 11) is 0. The molecule has 0 aromatic heterocycles. The zero-order chi connectivity index (χ0) is 9.26. The Kier molecular flexibility index (Phi) is 2.92. The summed E-state index contributed by atoms with van der Waals surface area (Å²) in [6.07, 6.45) is 7.25. The van der Waals surface area contributed by atoms with E-state index < -0.39 is 0 Å². The molecule has 1 heterocycles. The third-order valence-electron chi connectivity index (χ3n) is 4.10. The van der Waals surface area contributed by atoms with Gasteiger partial charge in [-0.3, -0.25) is 0 Å². The maximum absolute atomic E-state index is 3.73. The molecule has 3 atom stereocenters. The molecule has 1 N–H and O–H groups in total. The van der Waals surface area contributed by atoms with Gasteiger partial charge in [0.05, 0.1) is 0 Å². The molecule has 2 rings (SSSR count). The fourth-order valence-corrected chi connectivity index (χ4v) is 3.42. The molecule has 0 amide bonds. The van der Waals surface area contributed by atoms with E-state index in [0.717, 1.165) is 23.8 Å². The molecule has 1 heteroatoms. The van der Waals surface area contributed by atoms with Gasteiger partial charge in [-0.15, -0.1) is 0 Å². The third-order valence-corrected chi connectivity index (χ3v) is 4.10. The van der Waals surface area contributed by atoms with Gasteiger partial charge in [0.1, 0.15) is 0 Å². The molecule has 0 aromatic carbocycles. The van der Waals surface area contributed by atoms with E-state index in [-0.39, 0.29) is 0 Å². The number of hydrogen-bond acceptors (Lipinski definition) is 1. The van der Waals surface area contributed by atoms with E-state index in [1.54, 1.807) is 0 Å². The van der Waals surface area contributed by atoms with Crippen LogP contribution in [0.3, 0.4) is 0 Å². The minimum Gasteiger partial charge on any atom is -0.314 e. The highest BCUT2D eigenvalue weighted by Gasteiger charge is 2.35. The molecular weight excluding hydrogens is 158 g/mol. The highest BCUT2D eigenvalue weighted by atomic mass is 14.9. The van der Waals surface area contributed by atoms with Crippen LogP contribution in [0.1, 0.15) is 46.0 Å². The predicted octanol–water partition coefficient (Wildman–Crippen LogP) is 2.81. The molecule has 13 heavy (non-hydrogen) atoms. The summed E-state index contributed by atoms with van der Waals surface area (Å²) in [5.41, 5.74) is 0. The molecule has 0 bridgehead atoms. The van der Waals surface area contributed by atoms with E-state index in [4.69, 9.17) is 0 Å². The molecule has 2 aliphatic rings. The highest BCUT2D eigenvalue weighted by molar-refractivity contribution is 4.90. The van der Waals surface area contributed by atoms with Crippen molar-refractivity contribution in [2.45, 2.75) is 52.0 Å². The summed E-state index contributed by atoms with van der Waals surface area (Å²) in [6.45, 7) is 6.08. The second-order valence-electron chi connectivity index (χ2n) is 5.21. The first kappa shape index (κ1) is 9.51. The first-order valence-electron chi connectivity index (χ1n) is 6.02. The van der Waals surface area contributed by atoms with E-state index in [1.807, 2.05) is 0 Å². The van der Waals surface area contributed by atoms with Gasteiger partial charge in [-0.05, 0) is 50.0 Å². The van der Waals surface area contributed by atoms with Crippen LogP contribution in [0, 0.1) is 17.8 Å². The zero-order valence-electron chi connectivity index (χ0n) is 9.05. The average molecular weight is 181 g/mol. The summed E-state index contributed by atoms with van der Waals surface area (Å²) in [6, 6.07) is 0.870. The molecule has 1 saturated heterocycles. The summed E-state index contributed by atoms with van der Waals surface area (Å²) in [4.78, 5) is 0. The molecule has 1 nitrogen and oxygen atoms in total. The molecule has 0 spiro atoms. The van der Waals surface area contributed by atoms with E-state index in [0.29, 0.717) is 0 Å². The Morgan fingerprint density at radius 1 is 1.08 bits per heavy atom. The lowest BCUT2D eigenvalue weighted by Crippen LogP contribution is -2.34. The monoisotopic (exact) mass is 181 g/mol. The van der Waals surface area contributed by atoms with Gasteiger partial charge >= 0.3 is 0 Å². The zero-order valence-corrected chi connectivity index (χ0v) is 9.05. The van der Waals surface area contributed by atoms with Gasteiger partial charge in [0.15, 0.2) is 0 Å². The van der Waals surface area contributed by atoms with Gasteiger partial charge in [0, 0.05) is 6.04 Å². The van der Waals surface area contributed by atoms with Gasteiger partial charge in [-0.1, -0.05) is 20.3 Å². The second-order valence-corrected chi connectivity index (χ2v) is 5.21. The van der Waals surface area contributed by atoms with Crippen molar-refractivity contribution < 1.29 is 0 Å². The minimum absolute atomic E-state index is 0.870. The van der Waals surface area contributed by atoms with Crippen LogP contribution in [0.5, 0.6) is 0 Å². The van der Waals surface area contributed by atoms with Crippen LogP contribution in [-0.2, 0) is 0 Å². The molecule has 0 radical (unpaired) electrons. The molecule has 1 aliphatic carbocycles. The average Bonchev–Trinajstić information content (AvgIpc) is 2.44. The lowest BCUT2D eigenvalue weighted by atomic mass is 9.78. The Balaban J connectivity index is 2.06. The van der Waals surface area contributed by atoms with Gasteiger partial charge in [-0.25, -0.2) is 0 Å². The molecule has 76 valence electrons. The van der Waals surface area contributed by atoms with E-state index in [2.05, 4.69) is 19.2 Å². The van der Waals surface area contributed by atoms with Gasteiger partial charge in [0.25, 0.3) is 0 Å². The normalized spacial score (nSPS) is 40.4. The Morgan fingerprint density at radius 2 is 1.92 bits per heavy atom. The lowest BCUT2D eigenvalue weighted by Gasteiger charge is -2.29. The minimum atomic E-state index is 0.870. The number of rotatable bonds is 1. The molecule has 1 saturated carbocycles. The van der Waals surface area contributed by atoms with Crippen LogP contribution < -0.4 is 5.32 Å². The topological polar surface area (TPSA) is 12.0 Å². The quantitative estimate of drug-likeness (QED) is 0.656. The number of hydrogen-bond donors (Lipinski definition) is 1. The van der Waals surface area contributed by atoms with Crippen molar-refractivity contribution in [1.82, 2.24) is 5.32 Å². The van der Waals surface area contributed by atoms with Crippen LogP contribution in [-0.4, -0.2) is 12.6 Å². The SMILES string of the molecule is CC(C)C1CCCNC2CCCC21. The molecule has 2 fully saturated rings. The van der Waals surface area contributed by atoms with Gasteiger partial charge < -0.3 is 5.32 Å². The van der Waals surface area contributed by atoms with Crippen LogP contribution in [0.15, 0.2) is 0 Å². The summed E-state index contributed by atoms with van der Waals surface area (Å²) in [5.74, 6) is 2.90. The largest absolute Gasteiger partial charge is 0.314 e. The van der Waals surface area contributed by atoms with Crippen LogP contribution in [0.2, 0.25) is 0 Å². The maximum Gasteiger partial charge on any atom is 0.00980 e. The Bertz CT molecular complexity index is 165. The molecular formula is C12H23N. The highest BCUT2D eigenvalue weighted by Crippen LogP contribution is 2.39. The van der Waals surface area contributed by atoms with Crippen molar-refractivity contribution in [1.29, 1.82) is 0 Å². The van der Waals surface area contributed by atoms with Crippen molar-refractivity contribution in [2.75, 3.05) is 6.54 Å². The first-order valence-corrected chi connectivity index (χ1v) is 6.02. The number of fused-ring (bicyclic) bond motifs is 1. The van der Waals surface area contributed by atoms with Crippen molar-refractivity contribution >= 4 is 0 Å². The van der Waals surface area contributed by atoms with Gasteiger partial charge in [0.2, 0.25) is 0 Å². The lowest BCUT2D eigenvalue weighted by molar-refractivity contribution is 0.228. The van der Waals surface area contributed by atoms with Crippen LogP contribution >= 0.6 is 0 Å². The summed E-state index contributed by atoms with van der Waals surface area (Å²) in [5, 5.41) is 3.73. The van der Waals surface area contributed by atoms with E-state index in [9.17, 15) is 0 Å². The second kappa shape index (κ2) is 4.00. The Hall–Kier alpha value is -0.0400. The van der Waals surface area contributed by atoms with Crippen LogP contribution in [0.25, 0.3) is 0 Å². The fraction of sp³-hybridized carbons (Fsp3) is 1.00. The number of nitrogens with one attached hydrogen (secondary N) is 1. The fourth-order valence-electron chi connectivity index (χ4n) is 3.42. The molecule has 3 unspecified atom stereocenters. The Labute approximate surface area is 82.3 Å². The van der Waals surface area contributed by atoms with Gasteiger partial charge in [-0.2, -0.15) is 0 Å². The van der Waals surface area contributed by atoms with Crippen molar-refractivity contribution in [3.05, 3.63) is 0 Å². The van der Waals surface area contributed by atoms with Crippen molar-refractivity contribution in [2.24, 2.45) is 17.8 Å². The standard InChI is InChI=1S/C12H23N/c1-9(2)10-6-4-8-13-12-7-3-5-11(10)12/h9-13H,3-8H2,1-2H3. The Morgan fingerprint density at radius 3 is 2.69 bits per heavy atom. The van der Waals surface area contributed by atoms with E-state index in [1.165, 1.54) is 38.6 Å². The molecule has 1 aliphatic heterocycles. The summed E-state index contributed by atoms with van der Waals surface area (Å²) < 4.78 is 0. The predicted molar refractivity (Wildman–Crippen MR) is 56.7 cm³/mol. The third kappa shape index (κ3) is 1.90. The van der Waals surface area contributed by atoms with Crippen molar-refractivity contribution in [3.8, 4) is 0 Å².